The quantitative estimate of drug-likeness (QED) is 0.629. The van der Waals surface area contributed by atoms with Gasteiger partial charge in [-0.25, -0.2) is 0 Å². The van der Waals surface area contributed by atoms with Crippen LogP contribution < -0.4 is 10.6 Å². The molecule has 0 unspecified atom stereocenters. The van der Waals surface area contributed by atoms with Crippen molar-refractivity contribution in [3.05, 3.63) is 54.1 Å². The minimum atomic E-state index is -0.234. The van der Waals surface area contributed by atoms with Gasteiger partial charge in [-0.05, 0) is 25.1 Å². The lowest BCUT2D eigenvalue weighted by Crippen LogP contribution is -2.18. The van der Waals surface area contributed by atoms with Crippen LogP contribution in [-0.2, 0) is 4.79 Å². The molecular weight excluding hydrogens is 228 g/mol. The van der Waals surface area contributed by atoms with Gasteiger partial charge in [0, 0.05) is 24.4 Å². The van der Waals surface area contributed by atoms with E-state index in [1.54, 1.807) is 43.5 Å². The van der Waals surface area contributed by atoms with Crippen LogP contribution in [0, 0.1) is 0 Å². The number of benzene rings is 1. The standard InChI is InChI=1S/C14H16N2O2/c1-3-4-5-9-13(17)16-12-8-6-7-11(10-12)14(18)15-2/h3-10H,1-2H3,(H,15,18)(H,16,17)/b4-3+,9-5+. The van der Waals surface area contributed by atoms with Gasteiger partial charge >= 0.3 is 0 Å². The lowest BCUT2D eigenvalue weighted by Gasteiger charge is -2.04. The Kier molecular flexibility index (Phi) is 5.38. The zero-order valence-electron chi connectivity index (χ0n) is 10.4. The van der Waals surface area contributed by atoms with Crippen molar-refractivity contribution < 1.29 is 9.59 Å². The minimum absolute atomic E-state index is 0.185. The highest BCUT2D eigenvalue weighted by Crippen LogP contribution is 2.10. The summed E-state index contributed by atoms with van der Waals surface area (Å²) in [5.41, 5.74) is 1.10. The molecule has 0 radical (unpaired) electrons. The van der Waals surface area contributed by atoms with Gasteiger partial charge < -0.3 is 10.6 Å². The molecule has 0 saturated heterocycles. The van der Waals surface area contributed by atoms with E-state index in [-0.39, 0.29) is 11.8 Å². The van der Waals surface area contributed by atoms with E-state index in [1.165, 1.54) is 6.08 Å². The molecule has 0 aliphatic heterocycles. The van der Waals surface area contributed by atoms with Crippen LogP contribution in [0.3, 0.4) is 0 Å². The SMILES string of the molecule is C/C=C/C=C/C(=O)Nc1cccc(C(=O)NC)c1. The van der Waals surface area contributed by atoms with Gasteiger partial charge in [-0.2, -0.15) is 0 Å². The molecule has 0 heterocycles. The van der Waals surface area contributed by atoms with Gasteiger partial charge in [0.2, 0.25) is 5.91 Å². The van der Waals surface area contributed by atoms with Crippen molar-refractivity contribution in [3.63, 3.8) is 0 Å². The second kappa shape index (κ2) is 7.06. The number of hydrogen-bond donors (Lipinski definition) is 2. The topological polar surface area (TPSA) is 58.2 Å². The third-order valence-electron chi connectivity index (χ3n) is 2.17. The van der Waals surface area contributed by atoms with E-state index in [4.69, 9.17) is 0 Å². The summed E-state index contributed by atoms with van der Waals surface area (Å²) in [4.78, 5) is 22.9. The number of rotatable bonds is 4. The highest BCUT2D eigenvalue weighted by molar-refractivity contribution is 6.01. The van der Waals surface area contributed by atoms with Gasteiger partial charge in [0.05, 0.1) is 0 Å². The largest absolute Gasteiger partial charge is 0.355 e. The second-order valence-electron chi connectivity index (χ2n) is 3.53. The molecule has 0 bridgehead atoms. The minimum Gasteiger partial charge on any atom is -0.355 e. The summed E-state index contributed by atoms with van der Waals surface area (Å²) in [7, 11) is 1.56. The Bertz CT molecular complexity index is 490. The number of amides is 2. The second-order valence-corrected chi connectivity index (χ2v) is 3.53. The normalized spacial score (nSPS) is 10.8. The van der Waals surface area contributed by atoms with Crippen molar-refractivity contribution in [2.75, 3.05) is 12.4 Å². The zero-order chi connectivity index (χ0) is 13.4. The summed E-state index contributed by atoms with van der Waals surface area (Å²) in [6.45, 7) is 1.87. The average molecular weight is 244 g/mol. The van der Waals surface area contributed by atoms with Crippen LogP contribution in [0.15, 0.2) is 48.6 Å². The highest BCUT2D eigenvalue weighted by Gasteiger charge is 2.04. The van der Waals surface area contributed by atoms with E-state index in [1.807, 2.05) is 13.0 Å². The molecule has 0 fully saturated rings. The smallest absolute Gasteiger partial charge is 0.251 e. The van der Waals surface area contributed by atoms with Crippen molar-refractivity contribution in [1.82, 2.24) is 5.32 Å². The molecule has 1 aromatic carbocycles. The monoisotopic (exact) mass is 244 g/mol. The first kappa shape index (κ1) is 13.7. The summed E-state index contributed by atoms with van der Waals surface area (Å²) in [6, 6.07) is 6.76. The molecule has 2 amide bonds. The molecule has 0 spiro atoms. The lowest BCUT2D eigenvalue weighted by molar-refractivity contribution is -0.111. The summed E-state index contributed by atoms with van der Waals surface area (Å²) in [6.07, 6.45) is 6.67. The van der Waals surface area contributed by atoms with E-state index < -0.39 is 0 Å². The summed E-state index contributed by atoms with van der Waals surface area (Å²) >= 11 is 0. The molecule has 0 aliphatic carbocycles. The van der Waals surface area contributed by atoms with Crippen molar-refractivity contribution in [1.29, 1.82) is 0 Å². The predicted octanol–water partition coefficient (Wildman–Crippen LogP) is 2.12. The van der Waals surface area contributed by atoms with E-state index in [0.29, 0.717) is 11.3 Å². The number of allylic oxidation sites excluding steroid dienone is 3. The first-order valence-electron chi connectivity index (χ1n) is 5.60. The Labute approximate surface area is 106 Å². The van der Waals surface area contributed by atoms with Gasteiger partial charge in [0.15, 0.2) is 0 Å². The molecule has 1 rings (SSSR count). The van der Waals surface area contributed by atoms with Crippen LogP contribution in [-0.4, -0.2) is 18.9 Å². The van der Waals surface area contributed by atoms with Crippen LogP contribution >= 0.6 is 0 Å². The zero-order valence-corrected chi connectivity index (χ0v) is 10.4. The molecule has 0 atom stereocenters. The van der Waals surface area contributed by atoms with Crippen LogP contribution in [0.4, 0.5) is 5.69 Å². The van der Waals surface area contributed by atoms with E-state index >= 15 is 0 Å². The van der Waals surface area contributed by atoms with Crippen molar-refractivity contribution in [2.24, 2.45) is 0 Å². The lowest BCUT2D eigenvalue weighted by atomic mass is 10.2. The van der Waals surface area contributed by atoms with Crippen LogP contribution in [0.2, 0.25) is 0 Å². The molecule has 0 aliphatic rings. The first-order chi connectivity index (χ1) is 8.67. The maximum Gasteiger partial charge on any atom is 0.251 e. The highest BCUT2D eigenvalue weighted by atomic mass is 16.2. The summed E-state index contributed by atoms with van der Waals surface area (Å²) < 4.78 is 0. The molecule has 0 saturated carbocycles. The molecule has 1 aromatic rings. The van der Waals surface area contributed by atoms with E-state index in [0.717, 1.165) is 0 Å². The Morgan fingerprint density at radius 2 is 2.00 bits per heavy atom. The Balaban J connectivity index is 2.73. The summed E-state index contributed by atoms with van der Waals surface area (Å²) in [5.74, 6) is -0.419. The van der Waals surface area contributed by atoms with Crippen LogP contribution in [0.1, 0.15) is 17.3 Å². The fraction of sp³-hybridized carbons (Fsp3) is 0.143. The van der Waals surface area contributed by atoms with Crippen molar-refractivity contribution in [2.45, 2.75) is 6.92 Å². The molecule has 94 valence electrons. The average Bonchev–Trinajstić information content (AvgIpc) is 2.38. The van der Waals surface area contributed by atoms with Crippen molar-refractivity contribution >= 4 is 17.5 Å². The van der Waals surface area contributed by atoms with Gasteiger partial charge in [-0.3, -0.25) is 9.59 Å². The molecule has 18 heavy (non-hydrogen) atoms. The Morgan fingerprint density at radius 1 is 1.22 bits per heavy atom. The molecule has 2 N–H and O–H groups in total. The fourth-order valence-corrected chi connectivity index (χ4v) is 1.32. The predicted molar refractivity (Wildman–Crippen MR) is 72.4 cm³/mol. The van der Waals surface area contributed by atoms with Gasteiger partial charge in [-0.1, -0.05) is 24.3 Å². The molecule has 0 aromatic heterocycles. The Hall–Kier alpha value is -2.36. The van der Waals surface area contributed by atoms with Gasteiger partial charge in [0.25, 0.3) is 5.91 Å². The molecule has 4 heteroatoms. The van der Waals surface area contributed by atoms with E-state index in [2.05, 4.69) is 10.6 Å². The first-order valence-corrected chi connectivity index (χ1v) is 5.60. The maximum absolute atomic E-state index is 11.5. The number of hydrogen-bond acceptors (Lipinski definition) is 2. The van der Waals surface area contributed by atoms with Gasteiger partial charge in [-0.15, -0.1) is 0 Å². The Morgan fingerprint density at radius 3 is 2.67 bits per heavy atom. The van der Waals surface area contributed by atoms with Crippen molar-refractivity contribution in [3.8, 4) is 0 Å². The maximum atomic E-state index is 11.5. The molecular formula is C14H16N2O2. The number of carbonyl (C=O) groups is 2. The third kappa shape index (κ3) is 4.25. The fourth-order valence-electron chi connectivity index (χ4n) is 1.32. The van der Waals surface area contributed by atoms with Crippen LogP contribution in [0.5, 0.6) is 0 Å². The van der Waals surface area contributed by atoms with Crippen LogP contribution in [0.25, 0.3) is 0 Å². The number of anilines is 1. The summed E-state index contributed by atoms with van der Waals surface area (Å²) in [5, 5.41) is 5.21. The van der Waals surface area contributed by atoms with Gasteiger partial charge in [0.1, 0.15) is 0 Å². The molecule has 4 nitrogen and oxygen atoms in total. The van der Waals surface area contributed by atoms with E-state index in [9.17, 15) is 9.59 Å². The number of carbonyl (C=O) groups excluding carboxylic acids is 2. The number of nitrogens with one attached hydrogen (secondary N) is 2. The third-order valence-corrected chi connectivity index (χ3v) is 2.17.